The van der Waals surface area contributed by atoms with Gasteiger partial charge in [0.2, 0.25) is 0 Å². The smallest absolute Gasteiger partial charge is 0.337 e. The average molecular weight is 339 g/mol. The first-order chi connectivity index (χ1) is 12.0. The van der Waals surface area contributed by atoms with Crippen molar-refractivity contribution in [3.8, 4) is 5.69 Å². The van der Waals surface area contributed by atoms with E-state index in [1.54, 1.807) is 31.2 Å². The number of rotatable bonds is 4. The molecule has 0 aliphatic heterocycles. The molecule has 0 aliphatic rings. The van der Waals surface area contributed by atoms with E-state index in [0.29, 0.717) is 11.4 Å². The Bertz CT molecular complexity index is 1020. The minimum absolute atomic E-state index is 0.0567. The van der Waals surface area contributed by atoms with E-state index in [0.717, 1.165) is 18.2 Å². The minimum atomic E-state index is -1.22. The van der Waals surface area contributed by atoms with Gasteiger partial charge in [0, 0.05) is 18.0 Å². The van der Waals surface area contributed by atoms with Gasteiger partial charge in [0.05, 0.1) is 22.5 Å². The molecular formula is C18H14FN3O3. The van der Waals surface area contributed by atoms with Crippen LogP contribution in [0.5, 0.6) is 0 Å². The van der Waals surface area contributed by atoms with Crippen LogP contribution in [0.25, 0.3) is 5.69 Å². The molecule has 0 saturated heterocycles. The molecule has 0 saturated carbocycles. The van der Waals surface area contributed by atoms with Crippen molar-refractivity contribution in [2.24, 2.45) is 4.99 Å². The number of carboxylic acids is 1. The van der Waals surface area contributed by atoms with Crippen molar-refractivity contribution in [1.82, 2.24) is 9.78 Å². The highest BCUT2D eigenvalue weighted by Gasteiger charge is 2.13. The number of aromatic amines is 1. The van der Waals surface area contributed by atoms with Gasteiger partial charge in [-0.1, -0.05) is 18.2 Å². The van der Waals surface area contributed by atoms with Crippen LogP contribution in [0.2, 0.25) is 0 Å². The number of halogens is 1. The van der Waals surface area contributed by atoms with Crippen molar-refractivity contribution >= 4 is 17.9 Å². The lowest BCUT2D eigenvalue weighted by molar-refractivity contribution is 0.0698. The molecule has 0 spiro atoms. The van der Waals surface area contributed by atoms with E-state index in [4.69, 9.17) is 5.11 Å². The molecule has 2 N–H and O–H groups in total. The number of hydrogen-bond donors (Lipinski definition) is 2. The number of aliphatic imine (C=N–C) groups is 1. The van der Waals surface area contributed by atoms with Crippen LogP contribution in [0.1, 0.15) is 21.6 Å². The minimum Gasteiger partial charge on any atom is -0.478 e. The zero-order chi connectivity index (χ0) is 18.0. The molecule has 25 heavy (non-hydrogen) atoms. The van der Waals surface area contributed by atoms with Gasteiger partial charge in [0.1, 0.15) is 5.82 Å². The maximum absolute atomic E-state index is 13.4. The Hall–Kier alpha value is -3.48. The number of aromatic nitrogens is 2. The second-order valence-electron chi connectivity index (χ2n) is 5.35. The summed E-state index contributed by atoms with van der Waals surface area (Å²) >= 11 is 0. The lowest BCUT2D eigenvalue weighted by atomic mass is 10.2. The summed E-state index contributed by atoms with van der Waals surface area (Å²) in [7, 11) is 0. The summed E-state index contributed by atoms with van der Waals surface area (Å²) in [6, 6.07) is 12.2. The van der Waals surface area contributed by atoms with Crippen LogP contribution in [0.3, 0.4) is 0 Å². The molecule has 6 nitrogen and oxygen atoms in total. The van der Waals surface area contributed by atoms with Gasteiger partial charge >= 0.3 is 5.97 Å². The lowest BCUT2D eigenvalue weighted by Gasteiger charge is -2.00. The highest BCUT2D eigenvalue weighted by atomic mass is 19.1. The van der Waals surface area contributed by atoms with Crippen LogP contribution in [0.4, 0.5) is 10.1 Å². The summed E-state index contributed by atoms with van der Waals surface area (Å²) in [5.74, 6) is -1.83. The second kappa shape index (κ2) is 6.56. The first-order valence-corrected chi connectivity index (χ1v) is 7.41. The second-order valence-corrected chi connectivity index (χ2v) is 5.35. The average Bonchev–Trinajstić information content (AvgIpc) is 2.88. The summed E-state index contributed by atoms with van der Waals surface area (Å²) < 4.78 is 14.7. The zero-order valence-electron chi connectivity index (χ0n) is 13.2. The largest absolute Gasteiger partial charge is 0.478 e. The summed E-state index contributed by atoms with van der Waals surface area (Å²) in [5, 5.41) is 12.1. The number of nitrogens with one attached hydrogen (secondary N) is 1. The molecule has 0 radical (unpaired) electrons. The highest BCUT2D eigenvalue weighted by molar-refractivity contribution is 5.95. The number of H-pyrrole nitrogens is 1. The van der Waals surface area contributed by atoms with Crippen molar-refractivity contribution in [1.29, 1.82) is 0 Å². The van der Waals surface area contributed by atoms with E-state index in [9.17, 15) is 14.0 Å². The fourth-order valence-corrected chi connectivity index (χ4v) is 2.40. The molecule has 3 aromatic rings. The van der Waals surface area contributed by atoms with Crippen molar-refractivity contribution in [3.63, 3.8) is 0 Å². The molecular weight excluding hydrogens is 325 g/mol. The maximum Gasteiger partial charge on any atom is 0.337 e. The van der Waals surface area contributed by atoms with Gasteiger partial charge in [-0.15, -0.1) is 0 Å². The summed E-state index contributed by atoms with van der Waals surface area (Å²) in [5.41, 5.74) is 0.955. The number of para-hydroxylation sites is 1. The molecule has 0 atom stereocenters. The number of aromatic carboxylic acids is 1. The lowest BCUT2D eigenvalue weighted by Crippen LogP contribution is -2.17. The Balaban J connectivity index is 2.04. The summed E-state index contributed by atoms with van der Waals surface area (Å²) in [6.45, 7) is 1.70. The van der Waals surface area contributed by atoms with Gasteiger partial charge in [-0.25, -0.2) is 13.9 Å². The van der Waals surface area contributed by atoms with Gasteiger partial charge in [0.15, 0.2) is 0 Å². The van der Waals surface area contributed by atoms with E-state index >= 15 is 0 Å². The van der Waals surface area contributed by atoms with E-state index in [-0.39, 0.29) is 22.4 Å². The van der Waals surface area contributed by atoms with E-state index < -0.39 is 11.8 Å². The molecule has 0 amide bonds. The van der Waals surface area contributed by atoms with Gasteiger partial charge < -0.3 is 5.11 Å². The Morgan fingerprint density at radius 2 is 1.96 bits per heavy atom. The van der Waals surface area contributed by atoms with E-state index in [1.165, 1.54) is 10.9 Å². The quantitative estimate of drug-likeness (QED) is 0.716. The third-order valence-electron chi connectivity index (χ3n) is 3.65. The van der Waals surface area contributed by atoms with Gasteiger partial charge in [-0.2, -0.15) is 0 Å². The molecule has 0 unspecified atom stereocenters. The summed E-state index contributed by atoms with van der Waals surface area (Å²) in [4.78, 5) is 27.8. The number of nitrogens with zero attached hydrogens (tertiary/aromatic N) is 2. The zero-order valence-corrected chi connectivity index (χ0v) is 13.2. The first kappa shape index (κ1) is 16.4. The third kappa shape index (κ3) is 3.25. The summed E-state index contributed by atoms with van der Waals surface area (Å²) in [6.07, 6.45) is 1.24. The SMILES string of the molecule is Cc1[nH]n(-c2ccccc2)c(=O)c1C=Nc1cc(F)ccc1C(=O)O. The van der Waals surface area contributed by atoms with Crippen LogP contribution in [0.15, 0.2) is 58.3 Å². The van der Waals surface area contributed by atoms with Gasteiger partial charge in [-0.3, -0.25) is 14.9 Å². The molecule has 1 heterocycles. The van der Waals surface area contributed by atoms with Crippen molar-refractivity contribution < 1.29 is 14.3 Å². The van der Waals surface area contributed by atoms with Crippen molar-refractivity contribution in [2.45, 2.75) is 6.92 Å². The molecule has 0 fully saturated rings. The molecule has 126 valence electrons. The van der Waals surface area contributed by atoms with Crippen LogP contribution in [-0.4, -0.2) is 27.1 Å². The standard InChI is InChI=1S/C18H14FN3O3/c1-11-15(17(23)22(21-11)13-5-3-2-4-6-13)10-20-16-9-12(19)7-8-14(16)18(24)25/h2-10,21H,1H3,(H,24,25). The predicted molar refractivity (Wildman–Crippen MR) is 91.7 cm³/mol. The Labute approximate surface area is 141 Å². The molecule has 3 rings (SSSR count). The Morgan fingerprint density at radius 1 is 1.24 bits per heavy atom. The highest BCUT2D eigenvalue weighted by Crippen LogP contribution is 2.20. The fourth-order valence-electron chi connectivity index (χ4n) is 2.40. The maximum atomic E-state index is 13.4. The van der Waals surface area contributed by atoms with E-state index in [1.807, 2.05) is 6.07 Å². The Morgan fingerprint density at radius 3 is 2.64 bits per heavy atom. The third-order valence-corrected chi connectivity index (χ3v) is 3.65. The fraction of sp³-hybridized carbons (Fsp3) is 0.0556. The number of benzene rings is 2. The number of aryl methyl sites for hydroxylation is 1. The molecule has 2 aromatic carbocycles. The van der Waals surface area contributed by atoms with E-state index in [2.05, 4.69) is 10.1 Å². The molecule has 7 heteroatoms. The van der Waals surface area contributed by atoms with Gasteiger partial charge in [-0.05, 0) is 31.2 Å². The number of hydrogen-bond acceptors (Lipinski definition) is 3. The number of carboxylic acid groups (broad SMARTS) is 1. The monoisotopic (exact) mass is 339 g/mol. The topological polar surface area (TPSA) is 87.5 Å². The molecule has 1 aromatic heterocycles. The normalized spacial score (nSPS) is 11.1. The molecule has 0 aliphatic carbocycles. The number of carbonyl (C=O) groups is 1. The Kier molecular flexibility index (Phi) is 4.30. The van der Waals surface area contributed by atoms with Crippen molar-refractivity contribution in [2.75, 3.05) is 0 Å². The van der Waals surface area contributed by atoms with Gasteiger partial charge in [0.25, 0.3) is 5.56 Å². The first-order valence-electron chi connectivity index (χ1n) is 7.41. The van der Waals surface area contributed by atoms with Crippen LogP contribution in [0, 0.1) is 12.7 Å². The van der Waals surface area contributed by atoms with Crippen LogP contribution < -0.4 is 5.56 Å². The van der Waals surface area contributed by atoms with Crippen LogP contribution >= 0.6 is 0 Å². The predicted octanol–water partition coefficient (Wildman–Crippen LogP) is 3.06. The van der Waals surface area contributed by atoms with Crippen LogP contribution in [-0.2, 0) is 0 Å². The van der Waals surface area contributed by atoms with Crippen molar-refractivity contribution in [3.05, 3.63) is 81.5 Å². The molecule has 0 bridgehead atoms.